The quantitative estimate of drug-likeness (QED) is 0.491. The number of aromatic carboxylic acids is 1. The van der Waals surface area contributed by atoms with Gasteiger partial charge in [0.05, 0.1) is 35.7 Å². The molecule has 0 bridgehead atoms. The summed E-state index contributed by atoms with van der Waals surface area (Å²) in [6.07, 6.45) is 9.27. The molecule has 4 aliphatic rings. The number of ether oxygens (including phenoxy) is 2. The molecule has 3 aromatic rings. The van der Waals surface area contributed by atoms with Crippen molar-refractivity contribution in [2.75, 3.05) is 57.5 Å². The van der Waals surface area contributed by atoms with Crippen LogP contribution in [0.1, 0.15) is 78.7 Å². The van der Waals surface area contributed by atoms with Gasteiger partial charge in [0, 0.05) is 69.2 Å². The molecule has 1 aliphatic carbocycles. The molecular weight excluding hydrogens is 508 g/mol. The minimum Gasteiger partial charge on any atom is -0.477 e. The summed E-state index contributed by atoms with van der Waals surface area (Å²) < 4.78 is 13.0. The smallest absolute Gasteiger partial charge is 0.354 e. The number of carbonyl (C=O) groups is 1. The Kier molecular flexibility index (Phi) is 7.15. The van der Waals surface area contributed by atoms with E-state index in [0.717, 1.165) is 119 Å². The zero-order chi connectivity index (χ0) is 27.1. The summed E-state index contributed by atoms with van der Waals surface area (Å²) in [5.41, 5.74) is 4.65. The number of hydrogen-bond acceptors (Lipinski definition) is 8. The highest BCUT2D eigenvalue weighted by Crippen LogP contribution is 2.43. The van der Waals surface area contributed by atoms with E-state index in [4.69, 9.17) is 19.6 Å². The molecule has 0 unspecified atom stereocenters. The second kappa shape index (κ2) is 11.1. The molecule has 1 N–H and O–H groups in total. The van der Waals surface area contributed by atoms with Gasteiger partial charge in [0.1, 0.15) is 0 Å². The van der Waals surface area contributed by atoms with E-state index in [-0.39, 0.29) is 5.69 Å². The summed E-state index contributed by atoms with van der Waals surface area (Å²) in [6.45, 7) is 6.88. The third-order valence-corrected chi connectivity index (χ3v) is 9.37. The van der Waals surface area contributed by atoms with Crippen LogP contribution in [-0.4, -0.2) is 94.4 Å². The molecule has 10 nitrogen and oxygen atoms in total. The molecule has 40 heavy (non-hydrogen) atoms. The van der Waals surface area contributed by atoms with Crippen molar-refractivity contribution in [3.05, 3.63) is 41.5 Å². The fourth-order valence-corrected chi connectivity index (χ4v) is 6.83. The van der Waals surface area contributed by atoms with Gasteiger partial charge in [0.15, 0.2) is 11.3 Å². The molecule has 0 spiro atoms. The fourth-order valence-electron chi connectivity index (χ4n) is 6.83. The number of pyridine rings is 2. The van der Waals surface area contributed by atoms with E-state index in [0.29, 0.717) is 23.5 Å². The van der Waals surface area contributed by atoms with E-state index in [9.17, 15) is 9.90 Å². The van der Waals surface area contributed by atoms with Gasteiger partial charge < -0.3 is 19.5 Å². The Bertz CT molecular complexity index is 1370. The van der Waals surface area contributed by atoms with Crippen LogP contribution in [0.4, 0.5) is 5.69 Å². The van der Waals surface area contributed by atoms with Gasteiger partial charge in [0.25, 0.3) is 0 Å². The number of hydrogen-bond donors (Lipinski definition) is 1. The molecule has 3 aromatic heterocycles. The van der Waals surface area contributed by atoms with E-state index in [1.807, 2.05) is 16.9 Å². The number of carboxylic acid groups (broad SMARTS) is 1. The van der Waals surface area contributed by atoms with Gasteiger partial charge in [-0.25, -0.2) is 14.5 Å². The van der Waals surface area contributed by atoms with E-state index in [1.165, 1.54) is 6.42 Å². The van der Waals surface area contributed by atoms with Crippen molar-refractivity contribution in [2.24, 2.45) is 0 Å². The van der Waals surface area contributed by atoms with Crippen LogP contribution in [0.25, 0.3) is 16.7 Å². The zero-order valence-corrected chi connectivity index (χ0v) is 23.0. The predicted molar refractivity (Wildman–Crippen MR) is 151 cm³/mol. The van der Waals surface area contributed by atoms with Gasteiger partial charge in [-0.2, -0.15) is 5.10 Å². The Morgan fingerprint density at radius 2 is 1.65 bits per heavy atom. The van der Waals surface area contributed by atoms with Crippen molar-refractivity contribution in [1.82, 2.24) is 24.6 Å². The van der Waals surface area contributed by atoms with Crippen LogP contribution in [0.2, 0.25) is 0 Å². The van der Waals surface area contributed by atoms with Crippen LogP contribution < -0.4 is 4.90 Å². The van der Waals surface area contributed by atoms with Crippen LogP contribution in [0.15, 0.2) is 24.4 Å². The first kappa shape index (κ1) is 25.9. The Morgan fingerprint density at radius 1 is 0.900 bits per heavy atom. The molecule has 212 valence electrons. The van der Waals surface area contributed by atoms with E-state index in [2.05, 4.69) is 20.9 Å². The van der Waals surface area contributed by atoms with Crippen molar-refractivity contribution in [2.45, 2.75) is 62.8 Å². The predicted octanol–water partition coefficient (Wildman–Crippen LogP) is 3.98. The minimum absolute atomic E-state index is 0.0674. The SMILES string of the molecule is O=C(O)c1cc(N2CCC(N3CCOCC3)CC2)c2c(C3CCC3)nn(-c3ccnc(C4CCOCC4)c3)c2n1. The highest BCUT2D eigenvalue weighted by atomic mass is 16.5. The van der Waals surface area contributed by atoms with Crippen LogP contribution >= 0.6 is 0 Å². The summed E-state index contributed by atoms with van der Waals surface area (Å²) >= 11 is 0. The van der Waals surface area contributed by atoms with Crippen molar-refractivity contribution < 1.29 is 19.4 Å². The standard InChI is InChI=1S/C30H38N6O4/c37-30(38)25-19-26(35-10-5-22(6-11-35)34-12-16-40-17-13-34)27-28(21-2-1-3-21)33-36(29(27)32-25)23-4-9-31-24(18-23)20-7-14-39-15-8-20/h4,9,18-22H,1-3,5-8,10-17H2,(H,37,38). The molecule has 3 aliphatic heterocycles. The maximum atomic E-state index is 12.3. The lowest BCUT2D eigenvalue weighted by Crippen LogP contribution is -2.49. The lowest BCUT2D eigenvalue weighted by Gasteiger charge is -2.41. The number of fused-ring (bicyclic) bond motifs is 1. The third-order valence-electron chi connectivity index (χ3n) is 9.37. The topological polar surface area (TPSA) is 106 Å². The number of piperidine rings is 1. The molecule has 1 saturated carbocycles. The number of aromatic nitrogens is 4. The molecule has 0 atom stereocenters. The summed E-state index contributed by atoms with van der Waals surface area (Å²) in [5.74, 6) is -0.280. The minimum atomic E-state index is -1.01. The second-order valence-electron chi connectivity index (χ2n) is 11.6. The number of carboxylic acids is 1. The second-order valence-corrected chi connectivity index (χ2v) is 11.6. The molecule has 0 amide bonds. The van der Waals surface area contributed by atoms with E-state index in [1.54, 1.807) is 6.07 Å². The van der Waals surface area contributed by atoms with Crippen molar-refractivity contribution >= 4 is 22.7 Å². The highest BCUT2D eigenvalue weighted by molar-refractivity contribution is 5.98. The van der Waals surface area contributed by atoms with Crippen LogP contribution in [-0.2, 0) is 9.47 Å². The number of morpholine rings is 1. The molecule has 10 heteroatoms. The molecular formula is C30H38N6O4. The normalized spacial score (nSPS) is 22.1. The van der Waals surface area contributed by atoms with Gasteiger partial charge in [-0.1, -0.05) is 6.42 Å². The molecule has 6 heterocycles. The highest BCUT2D eigenvalue weighted by Gasteiger charge is 2.33. The van der Waals surface area contributed by atoms with Gasteiger partial charge in [-0.05, 0) is 56.7 Å². The fraction of sp³-hybridized carbons (Fsp3) is 0.600. The number of nitrogens with zero attached hydrogens (tertiary/aromatic N) is 6. The first-order valence-corrected chi connectivity index (χ1v) is 14.9. The Labute approximate surface area is 234 Å². The summed E-state index contributed by atoms with van der Waals surface area (Å²) in [5, 5.41) is 16.3. The average molecular weight is 547 g/mol. The maximum absolute atomic E-state index is 12.3. The van der Waals surface area contributed by atoms with Gasteiger partial charge in [0.2, 0.25) is 0 Å². The van der Waals surface area contributed by atoms with Crippen LogP contribution in [0.3, 0.4) is 0 Å². The van der Waals surface area contributed by atoms with Crippen molar-refractivity contribution in [1.29, 1.82) is 0 Å². The summed E-state index contributed by atoms with van der Waals surface area (Å²) in [4.78, 5) is 26.6. The largest absolute Gasteiger partial charge is 0.477 e. The average Bonchev–Trinajstić information content (AvgIpc) is 3.36. The first-order valence-electron chi connectivity index (χ1n) is 14.9. The van der Waals surface area contributed by atoms with Crippen molar-refractivity contribution in [3.8, 4) is 5.69 Å². The van der Waals surface area contributed by atoms with Crippen LogP contribution in [0, 0.1) is 0 Å². The summed E-state index contributed by atoms with van der Waals surface area (Å²) in [7, 11) is 0. The van der Waals surface area contributed by atoms with Crippen LogP contribution in [0.5, 0.6) is 0 Å². The summed E-state index contributed by atoms with van der Waals surface area (Å²) in [6, 6.07) is 6.40. The van der Waals surface area contributed by atoms with E-state index < -0.39 is 5.97 Å². The Hall–Kier alpha value is -3.08. The molecule has 7 rings (SSSR count). The molecule has 0 radical (unpaired) electrons. The number of rotatable bonds is 6. The first-order chi connectivity index (χ1) is 19.7. The third kappa shape index (κ3) is 4.86. The number of anilines is 1. The van der Waals surface area contributed by atoms with Gasteiger partial charge in [-0.15, -0.1) is 0 Å². The van der Waals surface area contributed by atoms with E-state index >= 15 is 0 Å². The van der Waals surface area contributed by atoms with Crippen molar-refractivity contribution in [3.63, 3.8) is 0 Å². The van der Waals surface area contributed by atoms with Gasteiger partial charge >= 0.3 is 5.97 Å². The molecule has 3 saturated heterocycles. The Balaban J connectivity index is 1.29. The van der Waals surface area contributed by atoms with Gasteiger partial charge in [-0.3, -0.25) is 9.88 Å². The maximum Gasteiger partial charge on any atom is 0.354 e. The lowest BCUT2D eigenvalue weighted by molar-refractivity contribution is 0.0115. The lowest BCUT2D eigenvalue weighted by atomic mass is 9.82. The monoisotopic (exact) mass is 546 g/mol. The zero-order valence-electron chi connectivity index (χ0n) is 23.0. The Morgan fingerprint density at radius 3 is 2.35 bits per heavy atom. The molecule has 0 aromatic carbocycles. The molecule has 4 fully saturated rings.